The number of sulfonamides is 1. The minimum absolute atomic E-state index is 0.0446. The van der Waals surface area contributed by atoms with Crippen LogP contribution in [0.5, 0.6) is 0 Å². The minimum Gasteiger partial charge on any atom is -0.320 e. The third kappa shape index (κ3) is 3.67. The molecule has 0 radical (unpaired) electrons. The Morgan fingerprint density at radius 3 is 2.46 bits per heavy atom. The Bertz CT molecular complexity index is 1200. The molecule has 1 aromatic heterocycles. The number of fused-ring (bicyclic) bond motifs is 1. The molecular formula is C22H26N2O2S2. The summed E-state index contributed by atoms with van der Waals surface area (Å²) < 4.78 is 33.0. The van der Waals surface area contributed by atoms with E-state index in [1.54, 1.807) is 12.1 Å². The van der Waals surface area contributed by atoms with Gasteiger partial charge >= 0.3 is 0 Å². The van der Waals surface area contributed by atoms with Gasteiger partial charge in [0.05, 0.1) is 4.90 Å². The molecule has 4 rings (SSSR count). The van der Waals surface area contributed by atoms with E-state index >= 15 is 0 Å². The highest BCUT2D eigenvalue weighted by Gasteiger charge is 2.28. The lowest BCUT2D eigenvalue weighted by molar-refractivity contribution is 0.562. The summed E-state index contributed by atoms with van der Waals surface area (Å²) in [5.41, 5.74) is 1.09. The van der Waals surface area contributed by atoms with Crippen LogP contribution in [-0.2, 0) is 22.0 Å². The Kier molecular flexibility index (Phi) is 4.74. The molecule has 0 N–H and O–H groups in total. The Morgan fingerprint density at radius 2 is 1.79 bits per heavy atom. The van der Waals surface area contributed by atoms with Gasteiger partial charge in [-0.3, -0.25) is 0 Å². The van der Waals surface area contributed by atoms with Crippen LogP contribution in [0.1, 0.15) is 44.2 Å². The summed E-state index contributed by atoms with van der Waals surface area (Å²) in [6.45, 7) is 9.42. The van der Waals surface area contributed by atoms with Crippen LogP contribution in [0, 0.1) is 12.8 Å². The number of aromatic nitrogens is 1. The van der Waals surface area contributed by atoms with Crippen molar-refractivity contribution in [3.8, 4) is 0 Å². The average molecular weight is 415 g/mol. The van der Waals surface area contributed by atoms with Crippen molar-refractivity contribution in [3.05, 3.63) is 57.8 Å². The summed E-state index contributed by atoms with van der Waals surface area (Å²) in [5, 5.41) is 1.62. The number of thiazole rings is 1. The van der Waals surface area contributed by atoms with E-state index in [2.05, 4.69) is 36.7 Å². The van der Waals surface area contributed by atoms with Gasteiger partial charge in [0, 0.05) is 22.5 Å². The SMILES string of the molecule is Cc1c(C(C)(C)C)s/c(=N\S(=O)(=O)c2cccc3ccccc23)n1CC1CC1. The van der Waals surface area contributed by atoms with Gasteiger partial charge in [0.1, 0.15) is 0 Å². The molecule has 0 unspecified atom stereocenters. The molecule has 6 heteroatoms. The molecule has 1 aliphatic rings. The minimum atomic E-state index is -3.81. The number of hydrogen-bond acceptors (Lipinski definition) is 3. The van der Waals surface area contributed by atoms with E-state index in [1.807, 2.05) is 30.3 Å². The highest BCUT2D eigenvalue weighted by Crippen LogP contribution is 2.34. The zero-order valence-corrected chi connectivity index (χ0v) is 18.4. The standard InChI is InChI=1S/C22H26N2O2S2/c1-15-20(22(2,3)4)27-21(24(15)14-16-12-13-16)23-28(25,26)19-11-7-9-17-8-5-6-10-18(17)19/h5-11,16H,12-14H2,1-4H3/b23-21-. The summed E-state index contributed by atoms with van der Waals surface area (Å²) in [7, 11) is -3.81. The van der Waals surface area contributed by atoms with Crippen molar-refractivity contribution in [1.29, 1.82) is 0 Å². The van der Waals surface area contributed by atoms with Crippen molar-refractivity contribution >= 4 is 32.1 Å². The molecular weight excluding hydrogens is 388 g/mol. The molecule has 0 saturated heterocycles. The molecule has 148 valence electrons. The van der Waals surface area contributed by atoms with Crippen LogP contribution < -0.4 is 4.80 Å². The van der Waals surface area contributed by atoms with Crippen molar-refractivity contribution in [2.45, 2.75) is 57.4 Å². The lowest BCUT2D eigenvalue weighted by Gasteiger charge is -2.17. The van der Waals surface area contributed by atoms with Gasteiger partial charge in [-0.05, 0) is 42.6 Å². The quantitative estimate of drug-likeness (QED) is 0.603. The molecule has 0 bridgehead atoms. The monoisotopic (exact) mass is 414 g/mol. The number of benzene rings is 2. The fourth-order valence-corrected chi connectivity index (χ4v) is 6.22. The van der Waals surface area contributed by atoms with E-state index in [9.17, 15) is 8.42 Å². The Balaban J connectivity index is 1.92. The van der Waals surface area contributed by atoms with Crippen LogP contribution in [0.15, 0.2) is 51.8 Å². The first-order valence-corrected chi connectivity index (χ1v) is 11.9. The van der Waals surface area contributed by atoms with Crippen LogP contribution in [0.25, 0.3) is 10.8 Å². The van der Waals surface area contributed by atoms with E-state index in [1.165, 1.54) is 29.1 Å². The molecule has 0 aliphatic heterocycles. The van der Waals surface area contributed by atoms with Gasteiger partial charge in [-0.2, -0.15) is 8.42 Å². The lowest BCUT2D eigenvalue weighted by atomic mass is 9.93. The van der Waals surface area contributed by atoms with Crippen molar-refractivity contribution in [3.63, 3.8) is 0 Å². The smallest absolute Gasteiger partial charge is 0.285 e. The molecule has 1 heterocycles. The van der Waals surface area contributed by atoms with E-state index in [0.717, 1.165) is 17.6 Å². The molecule has 1 saturated carbocycles. The second kappa shape index (κ2) is 6.85. The molecule has 4 nitrogen and oxygen atoms in total. The summed E-state index contributed by atoms with van der Waals surface area (Å²) in [6.07, 6.45) is 2.42. The van der Waals surface area contributed by atoms with Crippen molar-refractivity contribution in [1.82, 2.24) is 4.57 Å². The maximum Gasteiger partial charge on any atom is 0.285 e. The maximum atomic E-state index is 13.3. The van der Waals surface area contributed by atoms with Crippen molar-refractivity contribution in [2.75, 3.05) is 0 Å². The van der Waals surface area contributed by atoms with E-state index in [-0.39, 0.29) is 10.3 Å². The topological polar surface area (TPSA) is 51.4 Å². The number of rotatable bonds is 4. The van der Waals surface area contributed by atoms with Crippen molar-refractivity contribution in [2.24, 2.45) is 10.3 Å². The molecule has 0 spiro atoms. The highest BCUT2D eigenvalue weighted by molar-refractivity contribution is 7.90. The highest BCUT2D eigenvalue weighted by atomic mass is 32.2. The fraction of sp³-hybridized carbons (Fsp3) is 0.409. The van der Waals surface area contributed by atoms with Crippen LogP contribution in [0.4, 0.5) is 0 Å². The molecule has 0 atom stereocenters. The number of nitrogens with zero attached hydrogens (tertiary/aromatic N) is 2. The Hall–Kier alpha value is -1.92. The molecule has 1 fully saturated rings. The van der Waals surface area contributed by atoms with Gasteiger partial charge < -0.3 is 4.57 Å². The molecule has 1 aliphatic carbocycles. The first kappa shape index (κ1) is 19.4. The summed E-state index contributed by atoms with van der Waals surface area (Å²) in [4.78, 5) is 2.05. The van der Waals surface area contributed by atoms with Crippen molar-refractivity contribution < 1.29 is 8.42 Å². The van der Waals surface area contributed by atoms with E-state index in [0.29, 0.717) is 16.1 Å². The van der Waals surface area contributed by atoms with Gasteiger partial charge in [-0.1, -0.05) is 57.2 Å². The van der Waals surface area contributed by atoms with Gasteiger partial charge in [0.15, 0.2) is 0 Å². The average Bonchev–Trinajstić information content (AvgIpc) is 3.40. The molecule has 0 amide bonds. The molecule has 3 aromatic rings. The van der Waals surface area contributed by atoms with Gasteiger partial charge in [-0.15, -0.1) is 15.7 Å². The van der Waals surface area contributed by atoms with Gasteiger partial charge in [0.25, 0.3) is 10.0 Å². The normalized spacial score (nSPS) is 16.1. The zero-order valence-electron chi connectivity index (χ0n) is 16.8. The van der Waals surface area contributed by atoms with Crippen LogP contribution in [0.2, 0.25) is 0 Å². The Labute approximate surface area is 170 Å². The fourth-order valence-electron chi connectivity index (χ4n) is 3.60. The summed E-state index contributed by atoms with van der Waals surface area (Å²) in [6, 6.07) is 12.9. The first-order chi connectivity index (χ1) is 13.2. The third-order valence-electron chi connectivity index (χ3n) is 5.20. The predicted octanol–water partition coefficient (Wildman–Crippen LogP) is 5.01. The van der Waals surface area contributed by atoms with E-state index < -0.39 is 10.0 Å². The van der Waals surface area contributed by atoms with Crippen LogP contribution in [-0.4, -0.2) is 13.0 Å². The number of hydrogen-bond donors (Lipinski definition) is 0. The maximum absolute atomic E-state index is 13.3. The van der Waals surface area contributed by atoms with Gasteiger partial charge in [-0.25, -0.2) is 0 Å². The lowest BCUT2D eigenvalue weighted by Crippen LogP contribution is -2.20. The second-order valence-corrected chi connectivity index (χ2v) is 11.2. The van der Waals surface area contributed by atoms with Crippen LogP contribution >= 0.6 is 11.3 Å². The molecule has 28 heavy (non-hydrogen) atoms. The largest absolute Gasteiger partial charge is 0.320 e. The predicted molar refractivity (Wildman–Crippen MR) is 115 cm³/mol. The zero-order chi connectivity index (χ0) is 20.1. The summed E-state index contributed by atoms with van der Waals surface area (Å²) >= 11 is 1.51. The molecule has 2 aromatic carbocycles. The second-order valence-electron chi connectivity index (χ2n) is 8.65. The third-order valence-corrected chi connectivity index (χ3v) is 8.25. The first-order valence-electron chi connectivity index (χ1n) is 9.66. The Morgan fingerprint density at radius 1 is 1.11 bits per heavy atom. The van der Waals surface area contributed by atoms with Gasteiger partial charge in [0.2, 0.25) is 4.80 Å². The van der Waals surface area contributed by atoms with Crippen LogP contribution in [0.3, 0.4) is 0 Å². The summed E-state index contributed by atoms with van der Waals surface area (Å²) in [5.74, 6) is 0.639. The van der Waals surface area contributed by atoms with E-state index in [4.69, 9.17) is 0 Å².